The van der Waals surface area contributed by atoms with Crippen molar-refractivity contribution in [1.82, 2.24) is 14.5 Å². The number of rotatable bonds is 6. The molecule has 0 saturated heterocycles. The van der Waals surface area contributed by atoms with Crippen LogP contribution in [0, 0.1) is 5.82 Å². The Balaban J connectivity index is 1.75. The van der Waals surface area contributed by atoms with Crippen molar-refractivity contribution in [1.29, 1.82) is 0 Å². The summed E-state index contributed by atoms with van der Waals surface area (Å²) in [4.78, 5) is 34.9. The molecule has 1 atom stereocenters. The number of benzene rings is 2. The number of carbonyl (C=O) groups is 1. The van der Waals surface area contributed by atoms with E-state index in [9.17, 15) is 14.0 Å². The molecule has 0 aliphatic heterocycles. The Morgan fingerprint density at radius 1 is 1.10 bits per heavy atom. The lowest BCUT2D eigenvalue weighted by atomic mass is 10.2. The number of anilines is 1. The molecule has 0 aliphatic rings. The van der Waals surface area contributed by atoms with Gasteiger partial charge in [-0.05, 0) is 42.8 Å². The number of hydrogen-bond acceptors (Lipinski definition) is 5. The zero-order valence-electron chi connectivity index (χ0n) is 16.7. The minimum atomic E-state index is -0.595. The Bertz CT molecular complexity index is 1290. The first kappa shape index (κ1) is 20.7. The summed E-state index contributed by atoms with van der Waals surface area (Å²) in [5, 5.41) is 2.77. The van der Waals surface area contributed by atoms with Gasteiger partial charge in [-0.15, -0.1) is 0 Å². The summed E-state index contributed by atoms with van der Waals surface area (Å²) in [5.41, 5.74) is 0.792. The number of halogens is 1. The summed E-state index contributed by atoms with van der Waals surface area (Å²) in [7, 11) is 0. The summed E-state index contributed by atoms with van der Waals surface area (Å²) in [6.45, 7) is 1.85. The van der Waals surface area contributed by atoms with Gasteiger partial charge in [-0.1, -0.05) is 49.0 Å². The van der Waals surface area contributed by atoms with Crippen LogP contribution in [0.3, 0.4) is 0 Å². The largest absolute Gasteiger partial charge is 0.323 e. The number of nitrogens with zero attached hydrogens (tertiary/aromatic N) is 3. The number of nitrogens with one attached hydrogen (secondary N) is 1. The van der Waals surface area contributed by atoms with E-state index in [1.54, 1.807) is 42.6 Å². The van der Waals surface area contributed by atoms with E-state index in [0.717, 1.165) is 11.8 Å². The molecule has 31 heavy (non-hydrogen) atoms. The maximum absolute atomic E-state index is 14.0. The van der Waals surface area contributed by atoms with Crippen LogP contribution < -0.4 is 10.9 Å². The van der Waals surface area contributed by atoms with Crippen LogP contribution in [-0.4, -0.2) is 25.7 Å². The average Bonchev–Trinajstić information content (AvgIpc) is 2.79. The average molecular weight is 434 g/mol. The van der Waals surface area contributed by atoms with E-state index >= 15 is 0 Å². The van der Waals surface area contributed by atoms with E-state index < -0.39 is 11.1 Å². The van der Waals surface area contributed by atoms with Crippen LogP contribution in [0.25, 0.3) is 16.7 Å². The Morgan fingerprint density at radius 2 is 1.84 bits per heavy atom. The van der Waals surface area contributed by atoms with Crippen molar-refractivity contribution in [3.05, 3.63) is 89.1 Å². The molecular weight excluding hydrogens is 415 g/mol. The highest BCUT2D eigenvalue weighted by molar-refractivity contribution is 8.00. The van der Waals surface area contributed by atoms with Gasteiger partial charge in [0.1, 0.15) is 5.82 Å². The molecule has 1 amide bonds. The molecule has 6 nitrogen and oxygen atoms in total. The summed E-state index contributed by atoms with van der Waals surface area (Å²) in [5.74, 6) is -0.877. The molecule has 4 rings (SSSR count). The Labute approximate surface area is 182 Å². The van der Waals surface area contributed by atoms with Gasteiger partial charge in [-0.25, -0.2) is 14.4 Å². The zero-order valence-corrected chi connectivity index (χ0v) is 17.5. The van der Waals surface area contributed by atoms with E-state index in [0.29, 0.717) is 28.3 Å². The molecular formula is C23H19FN4O2S. The zero-order chi connectivity index (χ0) is 21.8. The normalized spacial score (nSPS) is 11.9. The molecule has 156 valence electrons. The summed E-state index contributed by atoms with van der Waals surface area (Å²) in [6, 6.07) is 18.5. The van der Waals surface area contributed by atoms with E-state index in [4.69, 9.17) is 0 Å². The summed E-state index contributed by atoms with van der Waals surface area (Å²) < 4.78 is 15.4. The van der Waals surface area contributed by atoms with Gasteiger partial charge in [0, 0.05) is 6.20 Å². The molecule has 8 heteroatoms. The monoisotopic (exact) mass is 434 g/mol. The van der Waals surface area contributed by atoms with Crippen molar-refractivity contribution in [3.63, 3.8) is 0 Å². The van der Waals surface area contributed by atoms with Gasteiger partial charge in [0.05, 0.1) is 22.0 Å². The highest BCUT2D eigenvalue weighted by Crippen LogP contribution is 2.27. The van der Waals surface area contributed by atoms with Gasteiger partial charge >= 0.3 is 0 Å². The van der Waals surface area contributed by atoms with E-state index in [1.807, 2.05) is 25.1 Å². The van der Waals surface area contributed by atoms with Crippen LogP contribution in [0.4, 0.5) is 10.1 Å². The number of pyridine rings is 1. The number of para-hydroxylation sites is 2. The molecule has 2 aromatic heterocycles. The standard InChI is InChI=1S/C23H19FN4O2S/c1-2-19(21(29)26-18-13-7-6-12-17(18)24)31-23-27-20-16(11-8-14-25-20)22(30)28(23)15-9-4-3-5-10-15/h3-14,19H,2H2,1H3,(H,26,29). The van der Waals surface area contributed by atoms with Crippen LogP contribution in [0.1, 0.15) is 13.3 Å². The fourth-order valence-corrected chi connectivity index (χ4v) is 4.13. The topological polar surface area (TPSA) is 76.9 Å². The molecule has 2 heterocycles. The van der Waals surface area contributed by atoms with E-state index in [2.05, 4.69) is 15.3 Å². The molecule has 0 saturated carbocycles. The predicted octanol–water partition coefficient (Wildman–Crippen LogP) is 4.43. The lowest BCUT2D eigenvalue weighted by molar-refractivity contribution is -0.115. The number of amides is 1. The molecule has 1 unspecified atom stereocenters. The molecule has 0 aliphatic carbocycles. The third kappa shape index (κ3) is 4.34. The second kappa shape index (κ2) is 9.09. The van der Waals surface area contributed by atoms with Crippen LogP contribution in [0.2, 0.25) is 0 Å². The fourth-order valence-electron chi connectivity index (χ4n) is 3.11. The van der Waals surface area contributed by atoms with Crippen LogP contribution in [0.5, 0.6) is 0 Å². The first-order chi connectivity index (χ1) is 15.1. The van der Waals surface area contributed by atoms with Gasteiger partial charge in [0.2, 0.25) is 5.91 Å². The Morgan fingerprint density at radius 3 is 2.58 bits per heavy atom. The number of hydrogen-bond donors (Lipinski definition) is 1. The molecule has 2 aromatic carbocycles. The quantitative estimate of drug-likeness (QED) is 0.359. The number of thioether (sulfide) groups is 1. The maximum atomic E-state index is 14.0. The predicted molar refractivity (Wildman–Crippen MR) is 120 cm³/mol. The molecule has 0 radical (unpaired) electrons. The number of fused-ring (bicyclic) bond motifs is 1. The highest BCUT2D eigenvalue weighted by atomic mass is 32.2. The van der Waals surface area contributed by atoms with Crippen molar-refractivity contribution >= 4 is 34.4 Å². The van der Waals surface area contributed by atoms with Crippen LogP contribution >= 0.6 is 11.8 Å². The minimum Gasteiger partial charge on any atom is -0.323 e. The molecule has 0 spiro atoms. The lowest BCUT2D eigenvalue weighted by Crippen LogP contribution is -2.28. The SMILES string of the molecule is CCC(Sc1nc2ncccc2c(=O)n1-c1ccccc1)C(=O)Nc1ccccc1F. The van der Waals surface area contributed by atoms with Gasteiger partial charge < -0.3 is 5.32 Å². The second-order valence-corrected chi connectivity index (χ2v) is 7.90. The van der Waals surface area contributed by atoms with Crippen LogP contribution in [-0.2, 0) is 4.79 Å². The van der Waals surface area contributed by atoms with Crippen molar-refractivity contribution in [2.45, 2.75) is 23.8 Å². The first-order valence-electron chi connectivity index (χ1n) is 9.73. The smallest absolute Gasteiger partial charge is 0.268 e. The molecule has 0 bridgehead atoms. The molecule has 4 aromatic rings. The van der Waals surface area contributed by atoms with E-state index in [-0.39, 0.29) is 17.2 Å². The Kier molecular flexibility index (Phi) is 6.08. The van der Waals surface area contributed by atoms with Crippen molar-refractivity contribution in [3.8, 4) is 5.69 Å². The first-order valence-corrected chi connectivity index (χ1v) is 10.6. The highest BCUT2D eigenvalue weighted by Gasteiger charge is 2.23. The van der Waals surface area contributed by atoms with Crippen molar-refractivity contribution < 1.29 is 9.18 Å². The maximum Gasteiger partial charge on any atom is 0.268 e. The number of aromatic nitrogens is 3. The van der Waals surface area contributed by atoms with Crippen molar-refractivity contribution in [2.75, 3.05) is 5.32 Å². The fraction of sp³-hybridized carbons (Fsp3) is 0.130. The van der Waals surface area contributed by atoms with Crippen molar-refractivity contribution in [2.24, 2.45) is 0 Å². The second-order valence-electron chi connectivity index (χ2n) is 6.73. The number of carbonyl (C=O) groups excluding carboxylic acids is 1. The summed E-state index contributed by atoms with van der Waals surface area (Å²) in [6.07, 6.45) is 2.02. The Hall–Kier alpha value is -3.52. The van der Waals surface area contributed by atoms with Gasteiger partial charge in [0.15, 0.2) is 10.8 Å². The molecule has 1 N–H and O–H groups in total. The third-order valence-corrected chi connectivity index (χ3v) is 5.99. The van der Waals surface area contributed by atoms with E-state index in [1.165, 1.54) is 16.7 Å². The molecule has 0 fully saturated rings. The van der Waals surface area contributed by atoms with Gasteiger partial charge in [0.25, 0.3) is 5.56 Å². The van der Waals surface area contributed by atoms with Gasteiger partial charge in [-0.3, -0.25) is 14.2 Å². The lowest BCUT2D eigenvalue weighted by Gasteiger charge is -2.18. The van der Waals surface area contributed by atoms with Crippen LogP contribution in [0.15, 0.2) is 82.9 Å². The summed E-state index contributed by atoms with van der Waals surface area (Å²) >= 11 is 1.15. The van der Waals surface area contributed by atoms with Gasteiger partial charge in [-0.2, -0.15) is 0 Å². The third-order valence-electron chi connectivity index (χ3n) is 4.67. The minimum absolute atomic E-state index is 0.111.